The first kappa shape index (κ1) is 23.1. The van der Waals surface area contributed by atoms with Crippen LogP contribution in [0.4, 0.5) is 0 Å². The molecule has 2 aliphatic rings. The van der Waals surface area contributed by atoms with Gasteiger partial charge in [0.2, 0.25) is 5.91 Å². The van der Waals surface area contributed by atoms with Gasteiger partial charge in [-0.1, -0.05) is 30.3 Å². The minimum Gasteiger partial charge on any atom is -0.467 e. The lowest BCUT2D eigenvalue weighted by Crippen LogP contribution is -2.48. The summed E-state index contributed by atoms with van der Waals surface area (Å²) in [5, 5.41) is 3.88. The molecule has 9 nitrogen and oxygen atoms in total. The summed E-state index contributed by atoms with van der Waals surface area (Å²) in [7, 11) is -2.38. The second kappa shape index (κ2) is 9.18. The lowest BCUT2D eigenvalue weighted by atomic mass is 9.94. The van der Waals surface area contributed by atoms with Gasteiger partial charge in [-0.05, 0) is 36.6 Å². The Bertz CT molecular complexity index is 1420. The lowest BCUT2D eigenvalue weighted by molar-refractivity contribution is -0.145. The maximum Gasteiger partial charge on any atom is 0.328 e. The van der Waals surface area contributed by atoms with E-state index >= 15 is 0 Å². The molecule has 0 radical (unpaired) electrons. The van der Waals surface area contributed by atoms with Crippen molar-refractivity contribution in [2.24, 2.45) is 10.3 Å². The van der Waals surface area contributed by atoms with Gasteiger partial charge in [-0.3, -0.25) is 4.79 Å². The SMILES string of the molecule is COC(=O)[C@@H](Cc1c[nH]c2ccccc12)NC(=O)C1CCN(C2=NS(=O)(=O)c3ccccc32)CC1. The van der Waals surface area contributed by atoms with Crippen LogP contribution < -0.4 is 5.32 Å². The average molecular weight is 495 g/mol. The summed E-state index contributed by atoms with van der Waals surface area (Å²) in [6.07, 6.45) is 3.20. The first-order chi connectivity index (χ1) is 16.9. The van der Waals surface area contributed by atoms with Crippen molar-refractivity contribution in [3.63, 3.8) is 0 Å². The highest BCUT2D eigenvalue weighted by molar-refractivity contribution is 7.90. The fourth-order valence-corrected chi connectivity index (χ4v) is 6.04. The number of rotatable bonds is 5. The molecule has 5 rings (SSSR count). The van der Waals surface area contributed by atoms with E-state index in [1.165, 1.54) is 7.11 Å². The first-order valence-corrected chi connectivity index (χ1v) is 12.9. The molecular formula is C25H26N4O5S. The zero-order valence-corrected chi connectivity index (χ0v) is 20.0. The number of amides is 1. The molecule has 3 heterocycles. The molecule has 1 amide bonds. The number of nitrogens with zero attached hydrogens (tertiary/aromatic N) is 2. The van der Waals surface area contributed by atoms with Crippen LogP contribution in [0.5, 0.6) is 0 Å². The molecule has 1 saturated heterocycles. The molecule has 2 N–H and O–H groups in total. The van der Waals surface area contributed by atoms with Crippen molar-refractivity contribution in [3.8, 4) is 0 Å². The molecule has 1 fully saturated rings. The maximum absolute atomic E-state index is 13.1. The van der Waals surface area contributed by atoms with E-state index in [1.807, 2.05) is 35.4 Å². The molecule has 10 heteroatoms. The van der Waals surface area contributed by atoms with Crippen LogP contribution in [-0.4, -0.2) is 62.3 Å². The largest absolute Gasteiger partial charge is 0.467 e. The van der Waals surface area contributed by atoms with E-state index in [0.29, 0.717) is 43.8 Å². The molecule has 0 aliphatic carbocycles. The number of piperidine rings is 1. The second-order valence-electron chi connectivity index (χ2n) is 8.80. The minimum atomic E-state index is -3.69. The van der Waals surface area contributed by atoms with Crippen molar-refractivity contribution in [3.05, 3.63) is 65.9 Å². The average Bonchev–Trinajstić information content (AvgIpc) is 3.41. The number of esters is 1. The number of ether oxygens (including phenoxy) is 1. The van der Waals surface area contributed by atoms with Gasteiger partial charge in [-0.2, -0.15) is 8.42 Å². The summed E-state index contributed by atoms with van der Waals surface area (Å²) in [6, 6.07) is 13.8. The molecule has 1 atom stereocenters. The smallest absolute Gasteiger partial charge is 0.328 e. The van der Waals surface area contributed by atoms with Crippen LogP contribution in [0, 0.1) is 5.92 Å². The van der Waals surface area contributed by atoms with Gasteiger partial charge in [0.25, 0.3) is 10.0 Å². The van der Waals surface area contributed by atoms with E-state index in [2.05, 4.69) is 14.7 Å². The summed E-state index contributed by atoms with van der Waals surface area (Å²) in [4.78, 5) is 30.9. The van der Waals surface area contributed by atoms with Crippen molar-refractivity contribution in [2.75, 3.05) is 20.2 Å². The van der Waals surface area contributed by atoms with E-state index in [4.69, 9.17) is 4.74 Å². The number of sulfonamides is 1. The van der Waals surface area contributed by atoms with Gasteiger partial charge in [-0.25, -0.2) is 4.79 Å². The molecular weight excluding hydrogens is 468 g/mol. The van der Waals surface area contributed by atoms with Gasteiger partial charge < -0.3 is 19.9 Å². The zero-order chi connectivity index (χ0) is 24.6. The van der Waals surface area contributed by atoms with Gasteiger partial charge in [-0.15, -0.1) is 4.40 Å². The Morgan fingerprint density at radius 1 is 1.14 bits per heavy atom. The van der Waals surface area contributed by atoms with Crippen LogP contribution in [0.2, 0.25) is 0 Å². The van der Waals surface area contributed by atoms with Gasteiger partial charge in [0, 0.05) is 48.1 Å². The number of likely N-dealkylation sites (tertiary alicyclic amines) is 1. The Kier molecular flexibility index (Phi) is 6.06. The molecule has 1 aromatic heterocycles. The molecule has 35 heavy (non-hydrogen) atoms. The molecule has 2 aliphatic heterocycles. The summed E-state index contributed by atoms with van der Waals surface area (Å²) in [5.74, 6) is -0.564. The first-order valence-electron chi connectivity index (χ1n) is 11.5. The maximum atomic E-state index is 13.1. The molecule has 0 unspecified atom stereocenters. The zero-order valence-electron chi connectivity index (χ0n) is 19.2. The molecule has 0 spiro atoms. The summed E-state index contributed by atoms with van der Waals surface area (Å²) < 4.78 is 33.7. The third kappa shape index (κ3) is 4.41. The fourth-order valence-electron chi connectivity index (χ4n) is 4.82. The fraction of sp³-hybridized carbons (Fsp3) is 0.320. The van der Waals surface area contributed by atoms with Gasteiger partial charge >= 0.3 is 5.97 Å². The van der Waals surface area contributed by atoms with Crippen molar-refractivity contribution in [2.45, 2.75) is 30.2 Å². The highest BCUT2D eigenvalue weighted by Crippen LogP contribution is 2.30. The van der Waals surface area contributed by atoms with Crippen molar-refractivity contribution in [1.82, 2.24) is 15.2 Å². The third-order valence-corrected chi connectivity index (χ3v) is 8.00. The summed E-state index contributed by atoms with van der Waals surface area (Å²) >= 11 is 0. The second-order valence-corrected chi connectivity index (χ2v) is 10.4. The molecule has 3 aromatic rings. The van der Waals surface area contributed by atoms with Crippen LogP contribution in [0.1, 0.15) is 24.0 Å². The van der Waals surface area contributed by atoms with Crippen molar-refractivity contribution >= 4 is 38.6 Å². The van der Waals surface area contributed by atoms with Crippen LogP contribution >= 0.6 is 0 Å². The summed E-state index contributed by atoms with van der Waals surface area (Å²) in [5.41, 5.74) is 2.48. The number of fused-ring (bicyclic) bond motifs is 2. The number of H-pyrrole nitrogens is 1. The number of aromatic nitrogens is 1. The third-order valence-electron chi connectivity index (χ3n) is 6.68. The van der Waals surface area contributed by atoms with Crippen LogP contribution in [0.25, 0.3) is 10.9 Å². The van der Waals surface area contributed by atoms with Crippen LogP contribution in [0.15, 0.2) is 64.0 Å². The predicted molar refractivity (Wildman–Crippen MR) is 130 cm³/mol. The van der Waals surface area contributed by atoms with E-state index < -0.39 is 22.0 Å². The number of carbonyl (C=O) groups excluding carboxylic acids is 2. The Hall–Kier alpha value is -3.66. The van der Waals surface area contributed by atoms with Crippen LogP contribution in [0.3, 0.4) is 0 Å². The topological polar surface area (TPSA) is 121 Å². The summed E-state index contributed by atoms with van der Waals surface area (Å²) in [6.45, 7) is 0.984. The van der Waals surface area contributed by atoms with Gasteiger partial charge in [0.1, 0.15) is 10.9 Å². The van der Waals surface area contributed by atoms with Gasteiger partial charge in [0.05, 0.1) is 7.11 Å². The van der Waals surface area contributed by atoms with E-state index in [1.54, 1.807) is 24.3 Å². The number of nitrogens with one attached hydrogen (secondary N) is 2. The Balaban J connectivity index is 1.25. The van der Waals surface area contributed by atoms with E-state index in [-0.39, 0.29) is 16.7 Å². The quantitative estimate of drug-likeness (QED) is 0.525. The lowest BCUT2D eigenvalue weighted by Gasteiger charge is -2.33. The van der Waals surface area contributed by atoms with Gasteiger partial charge in [0.15, 0.2) is 5.84 Å². The number of amidine groups is 1. The number of benzene rings is 2. The molecule has 0 saturated carbocycles. The number of hydrogen-bond acceptors (Lipinski definition) is 6. The highest BCUT2D eigenvalue weighted by Gasteiger charge is 2.35. The van der Waals surface area contributed by atoms with Crippen molar-refractivity contribution < 1.29 is 22.7 Å². The molecule has 182 valence electrons. The molecule has 0 bridgehead atoms. The monoisotopic (exact) mass is 494 g/mol. The number of aromatic amines is 1. The number of para-hydroxylation sites is 1. The normalized spacial score (nSPS) is 18.1. The van der Waals surface area contributed by atoms with E-state index in [0.717, 1.165) is 16.5 Å². The Morgan fingerprint density at radius 2 is 1.86 bits per heavy atom. The van der Waals surface area contributed by atoms with E-state index in [9.17, 15) is 18.0 Å². The number of hydrogen-bond donors (Lipinski definition) is 2. The molecule has 2 aromatic carbocycles. The van der Waals surface area contributed by atoms with Crippen molar-refractivity contribution in [1.29, 1.82) is 0 Å². The van der Waals surface area contributed by atoms with Crippen LogP contribution in [-0.2, 0) is 30.8 Å². The Labute approximate surface area is 203 Å². The minimum absolute atomic E-state index is 0.207. The predicted octanol–water partition coefficient (Wildman–Crippen LogP) is 2.23. The number of carbonyl (C=O) groups is 2. The standard InChI is InChI=1S/C25H26N4O5S/c1-34-25(31)21(14-17-15-26-20-8-4-2-6-18(17)20)27-24(30)16-10-12-29(13-11-16)23-19-7-3-5-9-22(19)35(32,33)28-23/h2-9,15-16,21,26H,10-14H2,1H3,(H,27,30)/t21-/m1/s1. The Morgan fingerprint density at radius 3 is 2.63 bits per heavy atom. The number of methoxy groups -OCH3 is 1. The highest BCUT2D eigenvalue weighted by atomic mass is 32.2.